The Labute approximate surface area is 99.2 Å². The first kappa shape index (κ1) is 13.3. The Kier molecular flexibility index (Phi) is 5.44. The molecule has 90 valence electrons. The number of hydrogen-bond donors (Lipinski definition) is 1. The number of nitrogens with zero attached hydrogens (tertiary/aromatic N) is 1. The summed E-state index contributed by atoms with van der Waals surface area (Å²) in [6.45, 7) is 5.69. The maximum Gasteiger partial charge on any atom is 0.0425 e. The predicted molar refractivity (Wildman–Crippen MR) is 70.7 cm³/mol. The van der Waals surface area contributed by atoms with Gasteiger partial charge in [-0.1, -0.05) is 13.8 Å². The van der Waals surface area contributed by atoms with Crippen LogP contribution in [0.15, 0.2) is 0 Å². The molecule has 15 heavy (non-hydrogen) atoms. The van der Waals surface area contributed by atoms with E-state index in [0.717, 1.165) is 6.54 Å². The number of nitrogens with one attached hydrogen (secondary N) is 1. The third kappa shape index (κ3) is 3.36. The Morgan fingerprint density at radius 3 is 2.40 bits per heavy atom. The van der Waals surface area contributed by atoms with E-state index in [9.17, 15) is 0 Å². The van der Waals surface area contributed by atoms with Gasteiger partial charge in [0.25, 0.3) is 0 Å². The lowest BCUT2D eigenvalue weighted by atomic mass is 9.96. The molecule has 1 heterocycles. The zero-order valence-corrected chi connectivity index (χ0v) is 11.5. The van der Waals surface area contributed by atoms with Crippen molar-refractivity contribution in [3.05, 3.63) is 0 Å². The molecule has 1 unspecified atom stereocenters. The molecule has 0 bridgehead atoms. The standard InChI is InChI=1S/C12H26N2S/c1-5-11(6-2)13-9-12(14(3)4)7-8-15-10-12/h11,13H,5-10H2,1-4H3. The van der Waals surface area contributed by atoms with Gasteiger partial charge in [0.15, 0.2) is 0 Å². The number of rotatable bonds is 6. The van der Waals surface area contributed by atoms with Crippen LogP contribution in [0.25, 0.3) is 0 Å². The van der Waals surface area contributed by atoms with Crippen molar-refractivity contribution >= 4 is 11.8 Å². The zero-order valence-electron chi connectivity index (χ0n) is 10.7. The van der Waals surface area contributed by atoms with Gasteiger partial charge in [0.2, 0.25) is 0 Å². The molecule has 0 saturated carbocycles. The molecular formula is C12H26N2S. The lowest BCUT2D eigenvalue weighted by molar-refractivity contribution is 0.169. The monoisotopic (exact) mass is 230 g/mol. The van der Waals surface area contributed by atoms with Crippen molar-refractivity contribution in [2.75, 3.05) is 32.1 Å². The normalized spacial score (nSPS) is 26.8. The van der Waals surface area contributed by atoms with Gasteiger partial charge >= 0.3 is 0 Å². The Morgan fingerprint density at radius 1 is 1.33 bits per heavy atom. The zero-order chi connectivity index (χ0) is 11.3. The minimum absolute atomic E-state index is 0.410. The summed E-state index contributed by atoms with van der Waals surface area (Å²) in [5.74, 6) is 2.61. The summed E-state index contributed by atoms with van der Waals surface area (Å²) in [6, 6.07) is 0.701. The SMILES string of the molecule is CCC(CC)NCC1(N(C)C)CCSC1. The average Bonchev–Trinajstić information content (AvgIpc) is 2.69. The van der Waals surface area contributed by atoms with E-state index in [1.807, 2.05) is 0 Å². The molecule has 0 spiro atoms. The van der Waals surface area contributed by atoms with Crippen molar-refractivity contribution in [3.8, 4) is 0 Å². The molecule has 3 heteroatoms. The highest BCUT2D eigenvalue weighted by Gasteiger charge is 2.36. The van der Waals surface area contributed by atoms with Crippen molar-refractivity contribution in [1.29, 1.82) is 0 Å². The van der Waals surface area contributed by atoms with Crippen LogP contribution >= 0.6 is 11.8 Å². The van der Waals surface area contributed by atoms with Gasteiger partial charge in [0.05, 0.1) is 0 Å². The summed E-state index contributed by atoms with van der Waals surface area (Å²) in [7, 11) is 4.45. The predicted octanol–water partition coefficient (Wildman–Crippen LogP) is 2.20. The second kappa shape index (κ2) is 6.12. The molecule has 1 N–H and O–H groups in total. The molecular weight excluding hydrogens is 204 g/mol. The molecule has 0 aromatic rings. The quantitative estimate of drug-likeness (QED) is 0.753. The fraction of sp³-hybridized carbons (Fsp3) is 1.00. The van der Waals surface area contributed by atoms with E-state index in [2.05, 4.69) is 49.9 Å². The van der Waals surface area contributed by atoms with Crippen LogP contribution in [0.4, 0.5) is 0 Å². The molecule has 1 saturated heterocycles. The Bertz CT molecular complexity index is 172. The van der Waals surface area contributed by atoms with Crippen LogP contribution in [-0.2, 0) is 0 Å². The van der Waals surface area contributed by atoms with E-state index in [1.54, 1.807) is 0 Å². The Morgan fingerprint density at radius 2 is 2.00 bits per heavy atom. The maximum atomic E-state index is 3.73. The fourth-order valence-corrected chi connectivity index (χ4v) is 3.71. The van der Waals surface area contributed by atoms with Crippen molar-refractivity contribution in [1.82, 2.24) is 10.2 Å². The second-order valence-electron chi connectivity index (χ2n) is 4.82. The summed E-state index contributed by atoms with van der Waals surface area (Å²) >= 11 is 2.09. The van der Waals surface area contributed by atoms with E-state index in [0.29, 0.717) is 11.6 Å². The first-order chi connectivity index (χ1) is 7.14. The highest BCUT2D eigenvalue weighted by atomic mass is 32.2. The van der Waals surface area contributed by atoms with E-state index in [1.165, 1.54) is 30.8 Å². The molecule has 1 aliphatic heterocycles. The summed E-state index contributed by atoms with van der Waals surface area (Å²) in [5, 5.41) is 3.73. The van der Waals surface area contributed by atoms with Crippen molar-refractivity contribution in [3.63, 3.8) is 0 Å². The van der Waals surface area contributed by atoms with Crippen LogP contribution in [0, 0.1) is 0 Å². The van der Waals surface area contributed by atoms with Gasteiger partial charge in [-0.15, -0.1) is 0 Å². The molecule has 0 aromatic heterocycles. The van der Waals surface area contributed by atoms with Crippen molar-refractivity contribution < 1.29 is 0 Å². The van der Waals surface area contributed by atoms with Crippen LogP contribution in [0.1, 0.15) is 33.1 Å². The molecule has 1 fully saturated rings. The Hall–Kier alpha value is 0.270. The molecule has 0 aliphatic carbocycles. The topological polar surface area (TPSA) is 15.3 Å². The Balaban J connectivity index is 2.45. The summed E-state index contributed by atoms with van der Waals surface area (Å²) in [4.78, 5) is 2.42. The lowest BCUT2D eigenvalue weighted by Crippen LogP contribution is -2.53. The lowest BCUT2D eigenvalue weighted by Gasteiger charge is -2.37. The van der Waals surface area contributed by atoms with E-state index in [-0.39, 0.29) is 0 Å². The molecule has 0 aromatic carbocycles. The third-order valence-electron chi connectivity index (χ3n) is 3.74. The molecule has 0 radical (unpaired) electrons. The molecule has 1 aliphatic rings. The third-order valence-corrected chi connectivity index (χ3v) is 4.97. The molecule has 1 atom stereocenters. The highest BCUT2D eigenvalue weighted by molar-refractivity contribution is 7.99. The number of likely N-dealkylation sites (N-methyl/N-ethyl adjacent to an activating group) is 1. The van der Waals surface area contributed by atoms with Crippen LogP contribution in [0.3, 0.4) is 0 Å². The number of hydrogen-bond acceptors (Lipinski definition) is 3. The summed E-state index contributed by atoms with van der Waals surface area (Å²) < 4.78 is 0. The maximum absolute atomic E-state index is 3.73. The van der Waals surface area contributed by atoms with Gasteiger partial charge in [-0.05, 0) is 39.1 Å². The highest BCUT2D eigenvalue weighted by Crippen LogP contribution is 2.31. The molecule has 0 amide bonds. The van der Waals surface area contributed by atoms with Gasteiger partial charge in [0, 0.05) is 23.9 Å². The van der Waals surface area contributed by atoms with Crippen LogP contribution in [0.5, 0.6) is 0 Å². The van der Waals surface area contributed by atoms with E-state index >= 15 is 0 Å². The smallest absolute Gasteiger partial charge is 0.0425 e. The second-order valence-corrected chi connectivity index (χ2v) is 5.92. The number of thioether (sulfide) groups is 1. The van der Waals surface area contributed by atoms with Crippen LogP contribution in [-0.4, -0.2) is 48.6 Å². The largest absolute Gasteiger partial charge is 0.312 e. The van der Waals surface area contributed by atoms with Crippen LogP contribution in [0.2, 0.25) is 0 Å². The van der Waals surface area contributed by atoms with Crippen molar-refractivity contribution in [2.24, 2.45) is 0 Å². The first-order valence-corrected chi connectivity index (χ1v) is 7.28. The van der Waals surface area contributed by atoms with Gasteiger partial charge in [-0.25, -0.2) is 0 Å². The minimum atomic E-state index is 0.410. The van der Waals surface area contributed by atoms with Gasteiger partial charge in [-0.3, -0.25) is 0 Å². The summed E-state index contributed by atoms with van der Waals surface area (Å²) in [6.07, 6.45) is 3.82. The van der Waals surface area contributed by atoms with E-state index < -0.39 is 0 Å². The molecule has 1 rings (SSSR count). The first-order valence-electron chi connectivity index (χ1n) is 6.13. The van der Waals surface area contributed by atoms with E-state index in [4.69, 9.17) is 0 Å². The minimum Gasteiger partial charge on any atom is -0.312 e. The molecule has 2 nitrogen and oxygen atoms in total. The average molecular weight is 230 g/mol. The summed E-state index contributed by atoms with van der Waals surface area (Å²) in [5.41, 5.74) is 0.410. The van der Waals surface area contributed by atoms with Gasteiger partial charge in [-0.2, -0.15) is 11.8 Å². The fourth-order valence-electron chi connectivity index (χ4n) is 2.16. The van der Waals surface area contributed by atoms with Gasteiger partial charge in [0.1, 0.15) is 0 Å². The van der Waals surface area contributed by atoms with Gasteiger partial charge < -0.3 is 10.2 Å². The van der Waals surface area contributed by atoms with Crippen molar-refractivity contribution in [2.45, 2.75) is 44.7 Å². The van der Waals surface area contributed by atoms with Crippen LogP contribution < -0.4 is 5.32 Å².